The lowest BCUT2D eigenvalue weighted by atomic mass is 10.1. The molecule has 0 radical (unpaired) electrons. The predicted octanol–water partition coefficient (Wildman–Crippen LogP) is 6.64. The molecule has 9 heteroatoms. The Kier molecular flexibility index (Phi) is 9.28. The SMILES string of the molecule is CSc1ccc(Oc2cc(C/C(N)=N/N)cc(C(F)(F)F)c2)c(Cl)c1.Cc1ccccc1. The van der Waals surface area contributed by atoms with Crippen molar-refractivity contribution in [3.8, 4) is 11.5 Å². The molecule has 4 N–H and O–H groups in total. The van der Waals surface area contributed by atoms with Crippen LogP contribution in [0.4, 0.5) is 13.2 Å². The molecular weight excluding hydrogens is 459 g/mol. The number of ether oxygens (including phenoxy) is 1. The van der Waals surface area contributed by atoms with Crippen molar-refractivity contribution in [2.45, 2.75) is 24.4 Å². The maximum atomic E-state index is 13.1. The molecule has 0 unspecified atom stereocenters. The topological polar surface area (TPSA) is 73.6 Å². The maximum Gasteiger partial charge on any atom is 0.416 e. The van der Waals surface area contributed by atoms with Crippen molar-refractivity contribution in [1.82, 2.24) is 0 Å². The van der Waals surface area contributed by atoms with E-state index in [4.69, 9.17) is 27.9 Å². The van der Waals surface area contributed by atoms with Crippen molar-refractivity contribution in [2.75, 3.05) is 6.26 Å². The summed E-state index contributed by atoms with van der Waals surface area (Å²) in [5, 5.41) is 3.57. The summed E-state index contributed by atoms with van der Waals surface area (Å²) in [6.45, 7) is 2.08. The Morgan fingerprint density at radius 2 is 1.75 bits per heavy atom. The molecule has 0 aliphatic rings. The number of nitrogens with zero attached hydrogens (tertiary/aromatic N) is 1. The molecule has 4 nitrogen and oxygen atoms in total. The molecule has 170 valence electrons. The van der Waals surface area contributed by atoms with Gasteiger partial charge in [-0.05, 0) is 55.1 Å². The Bertz CT molecular complexity index is 1060. The zero-order chi connectivity index (χ0) is 23.7. The maximum absolute atomic E-state index is 13.1. The second-order valence-corrected chi connectivity index (χ2v) is 8.00. The van der Waals surface area contributed by atoms with Gasteiger partial charge in [0.05, 0.1) is 10.6 Å². The summed E-state index contributed by atoms with van der Waals surface area (Å²) >= 11 is 7.61. The third kappa shape index (κ3) is 8.01. The molecule has 0 heterocycles. The number of amidine groups is 1. The van der Waals surface area contributed by atoms with Gasteiger partial charge in [0.2, 0.25) is 0 Å². The third-order valence-corrected chi connectivity index (χ3v) is 5.17. The van der Waals surface area contributed by atoms with Gasteiger partial charge in [-0.2, -0.15) is 18.3 Å². The van der Waals surface area contributed by atoms with Crippen molar-refractivity contribution >= 4 is 29.2 Å². The minimum Gasteiger partial charge on any atom is -0.456 e. The molecule has 0 atom stereocenters. The van der Waals surface area contributed by atoms with Crippen LogP contribution in [0.3, 0.4) is 0 Å². The van der Waals surface area contributed by atoms with Gasteiger partial charge in [0.15, 0.2) is 0 Å². The van der Waals surface area contributed by atoms with Crippen molar-refractivity contribution < 1.29 is 17.9 Å². The molecule has 0 bridgehead atoms. The molecule has 32 heavy (non-hydrogen) atoms. The van der Waals surface area contributed by atoms with Crippen LogP contribution in [0.15, 0.2) is 76.7 Å². The van der Waals surface area contributed by atoms with Crippen LogP contribution in [-0.2, 0) is 12.6 Å². The second-order valence-electron chi connectivity index (χ2n) is 6.71. The number of benzene rings is 3. The minimum absolute atomic E-state index is 0.00607. The van der Waals surface area contributed by atoms with Gasteiger partial charge in [0.25, 0.3) is 0 Å². The number of aryl methyl sites for hydroxylation is 1. The second kappa shape index (κ2) is 11.7. The summed E-state index contributed by atoms with van der Waals surface area (Å²) in [6.07, 6.45) is -2.68. The van der Waals surface area contributed by atoms with E-state index in [9.17, 15) is 13.2 Å². The highest BCUT2D eigenvalue weighted by Crippen LogP contribution is 2.36. The Morgan fingerprint density at radius 3 is 2.25 bits per heavy atom. The van der Waals surface area contributed by atoms with E-state index < -0.39 is 11.7 Å². The van der Waals surface area contributed by atoms with Crippen LogP contribution in [0.5, 0.6) is 11.5 Å². The minimum atomic E-state index is -4.53. The van der Waals surface area contributed by atoms with E-state index in [0.717, 1.165) is 17.0 Å². The molecule has 0 aromatic heterocycles. The molecule has 3 aromatic rings. The number of hydrogen-bond acceptors (Lipinski definition) is 4. The average molecular weight is 482 g/mol. The Morgan fingerprint density at radius 1 is 1.06 bits per heavy atom. The fourth-order valence-corrected chi connectivity index (χ4v) is 3.32. The number of hydrogen-bond donors (Lipinski definition) is 2. The normalized spacial score (nSPS) is 11.5. The predicted molar refractivity (Wildman–Crippen MR) is 125 cm³/mol. The number of hydrazone groups is 1. The quantitative estimate of drug-likeness (QED) is 0.141. The summed E-state index contributed by atoms with van der Waals surface area (Å²) in [4.78, 5) is 0.911. The zero-order valence-electron chi connectivity index (χ0n) is 17.5. The monoisotopic (exact) mass is 481 g/mol. The molecule has 0 saturated carbocycles. The number of rotatable bonds is 5. The van der Waals surface area contributed by atoms with Crippen LogP contribution in [-0.4, -0.2) is 12.1 Å². The molecule has 0 aliphatic carbocycles. The van der Waals surface area contributed by atoms with Crippen LogP contribution in [0, 0.1) is 6.92 Å². The van der Waals surface area contributed by atoms with E-state index in [1.165, 1.54) is 23.4 Å². The molecule has 0 fully saturated rings. The highest BCUT2D eigenvalue weighted by atomic mass is 35.5. The number of alkyl halides is 3. The van der Waals surface area contributed by atoms with Gasteiger partial charge in [-0.25, -0.2) is 0 Å². The standard InChI is InChI=1S/C16H15ClF3N3OS.C7H8/c1-25-12-2-3-14(13(17)8-12)24-11-5-9(6-15(21)23-22)4-10(7-11)16(18,19)20;1-7-5-3-2-4-6-7/h2-5,7-8H,6,22H2,1H3,(H2,21,23);2-6H,1H3. The molecule has 3 aromatic carbocycles. The first-order valence-electron chi connectivity index (χ1n) is 9.38. The zero-order valence-corrected chi connectivity index (χ0v) is 19.1. The average Bonchev–Trinajstić information content (AvgIpc) is 2.75. The van der Waals surface area contributed by atoms with Crippen molar-refractivity contribution in [1.29, 1.82) is 0 Å². The fourth-order valence-electron chi connectivity index (χ4n) is 2.59. The number of halogens is 4. The van der Waals surface area contributed by atoms with Crippen LogP contribution in [0.2, 0.25) is 5.02 Å². The van der Waals surface area contributed by atoms with Crippen LogP contribution in [0.25, 0.3) is 0 Å². The van der Waals surface area contributed by atoms with Gasteiger partial charge >= 0.3 is 6.18 Å². The van der Waals surface area contributed by atoms with Gasteiger partial charge in [-0.15, -0.1) is 11.8 Å². The highest BCUT2D eigenvalue weighted by Gasteiger charge is 2.31. The fraction of sp³-hybridized carbons (Fsp3) is 0.174. The first-order chi connectivity index (χ1) is 15.1. The lowest BCUT2D eigenvalue weighted by molar-refractivity contribution is -0.137. The van der Waals surface area contributed by atoms with E-state index in [2.05, 4.69) is 24.2 Å². The molecular formula is C23H23ClF3N3OS. The first-order valence-corrected chi connectivity index (χ1v) is 11.0. The summed E-state index contributed by atoms with van der Waals surface area (Å²) in [7, 11) is 0. The lowest BCUT2D eigenvalue weighted by Gasteiger charge is -2.14. The number of thioether (sulfide) groups is 1. The van der Waals surface area contributed by atoms with Gasteiger partial charge in [-0.3, -0.25) is 0 Å². The molecule has 0 aliphatic heterocycles. The van der Waals surface area contributed by atoms with Crippen LogP contribution >= 0.6 is 23.4 Å². The summed E-state index contributed by atoms with van der Waals surface area (Å²) in [6, 6.07) is 18.6. The molecule has 3 rings (SSSR count). The van der Waals surface area contributed by atoms with E-state index in [1.54, 1.807) is 18.2 Å². The smallest absolute Gasteiger partial charge is 0.416 e. The Hall–Kier alpha value is -2.84. The van der Waals surface area contributed by atoms with Crippen molar-refractivity contribution in [3.63, 3.8) is 0 Å². The van der Waals surface area contributed by atoms with E-state index in [0.29, 0.717) is 5.02 Å². The number of nitrogens with two attached hydrogens (primary N) is 2. The van der Waals surface area contributed by atoms with E-state index in [-0.39, 0.29) is 29.3 Å². The van der Waals surface area contributed by atoms with Crippen molar-refractivity contribution in [2.24, 2.45) is 16.7 Å². The largest absolute Gasteiger partial charge is 0.456 e. The van der Waals surface area contributed by atoms with Crippen LogP contribution < -0.4 is 16.3 Å². The highest BCUT2D eigenvalue weighted by molar-refractivity contribution is 7.98. The summed E-state index contributed by atoms with van der Waals surface area (Å²) in [5.74, 6) is 5.30. The van der Waals surface area contributed by atoms with E-state index in [1.807, 2.05) is 24.5 Å². The Balaban J connectivity index is 0.000000439. The van der Waals surface area contributed by atoms with Crippen LogP contribution in [0.1, 0.15) is 16.7 Å². The van der Waals surface area contributed by atoms with Gasteiger partial charge in [0, 0.05) is 11.3 Å². The Labute approximate surface area is 194 Å². The van der Waals surface area contributed by atoms with E-state index >= 15 is 0 Å². The van der Waals surface area contributed by atoms with Gasteiger partial charge < -0.3 is 16.3 Å². The van der Waals surface area contributed by atoms with Gasteiger partial charge in [0.1, 0.15) is 17.3 Å². The van der Waals surface area contributed by atoms with Crippen molar-refractivity contribution in [3.05, 3.63) is 88.4 Å². The summed E-state index contributed by atoms with van der Waals surface area (Å²) < 4.78 is 44.9. The molecule has 0 saturated heterocycles. The molecule has 0 spiro atoms. The molecule has 0 amide bonds. The third-order valence-electron chi connectivity index (χ3n) is 4.15. The lowest BCUT2D eigenvalue weighted by Crippen LogP contribution is -2.17. The first kappa shape index (κ1) is 25.4. The summed E-state index contributed by atoms with van der Waals surface area (Å²) in [5.41, 5.74) is 6.24. The van der Waals surface area contributed by atoms with Gasteiger partial charge in [-0.1, -0.05) is 47.5 Å².